The molecule has 1 aliphatic heterocycles. The monoisotopic (exact) mass is 338 g/mol. The molecule has 130 valence electrons. The molecular weight excluding hydrogens is 316 g/mol. The Bertz CT molecular complexity index is 898. The quantitative estimate of drug-likeness (QED) is 0.676. The van der Waals surface area contributed by atoms with Gasteiger partial charge in [-0.05, 0) is 43.4 Å². The van der Waals surface area contributed by atoms with Crippen LogP contribution in [0.5, 0.6) is 0 Å². The summed E-state index contributed by atoms with van der Waals surface area (Å²) in [5.41, 5.74) is 9.66. The molecular formula is C18H22N6O. The highest BCUT2D eigenvalue weighted by atomic mass is 16.3. The first kappa shape index (κ1) is 15.8. The van der Waals surface area contributed by atoms with Crippen LogP contribution < -0.4 is 10.6 Å². The number of rotatable bonds is 3. The zero-order valence-electron chi connectivity index (χ0n) is 14.2. The second-order valence-corrected chi connectivity index (χ2v) is 6.68. The van der Waals surface area contributed by atoms with E-state index in [2.05, 4.69) is 25.9 Å². The number of aryl methyl sites for hydroxylation is 1. The molecule has 1 aromatic carbocycles. The van der Waals surface area contributed by atoms with Crippen molar-refractivity contribution < 1.29 is 5.11 Å². The molecule has 0 bridgehead atoms. The molecule has 25 heavy (non-hydrogen) atoms. The lowest BCUT2D eigenvalue weighted by Crippen LogP contribution is -2.35. The molecule has 0 saturated carbocycles. The zero-order valence-corrected chi connectivity index (χ0v) is 14.2. The molecule has 0 atom stereocenters. The molecule has 3 heterocycles. The van der Waals surface area contributed by atoms with Gasteiger partial charge >= 0.3 is 0 Å². The van der Waals surface area contributed by atoms with Crippen LogP contribution in [-0.2, 0) is 0 Å². The van der Waals surface area contributed by atoms with Gasteiger partial charge in [0.05, 0.1) is 17.2 Å². The number of aromatic amines is 1. The lowest BCUT2D eigenvalue weighted by molar-refractivity contribution is 0.203. The van der Waals surface area contributed by atoms with E-state index in [0.717, 1.165) is 42.8 Å². The molecule has 1 fully saturated rings. The molecule has 0 aliphatic carbocycles. The third-order valence-corrected chi connectivity index (χ3v) is 4.85. The molecule has 0 amide bonds. The van der Waals surface area contributed by atoms with Crippen molar-refractivity contribution >= 4 is 22.7 Å². The Morgan fingerprint density at radius 1 is 1.28 bits per heavy atom. The summed E-state index contributed by atoms with van der Waals surface area (Å²) in [4.78, 5) is 19.1. The van der Waals surface area contributed by atoms with Gasteiger partial charge < -0.3 is 20.7 Å². The van der Waals surface area contributed by atoms with Gasteiger partial charge in [0.25, 0.3) is 0 Å². The SMILES string of the molecule is Cc1ccc2nc(-c3nc(N4CCC(CO)CC4)cnc3N)[nH]c2c1. The van der Waals surface area contributed by atoms with Gasteiger partial charge in [0, 0.05) is 19.7 Å². The number of aliphatic hydroxyl groups excluding tert-OH is 1. The predicted octanol–water partition coefficient (Wildman–Crippen LogP) is 2.12. The minimum Gasteiger partial charge on any atom is -0.396 e. The highest BCUT2D eigenvalue weighted by Gasteiger charge is 2.21. The normalized spacial score (nSPS) is 15.8. The van der Waals surface area contributed by atoms with Crippen LogP contribution in [0.3, 0.4) is 0 Å². The maximum absolute atomic E-state index is 9.29. The van der Waals surface area contributed by atoms with E-state index in [1.807, 2.05) is 19.1 Å². The van der Waals surface area contributed by atoms with Gasteiger partial charge in [-0.25, -0.2) is 15.0 Å². The van der Waals surface area contributed by atoms with E-state index in [4.69, 9.17) is 10.7 Å². The number of aliphatic hydroxyl groups is 1. The third kappa shape index (κ3) is 3.02. The number of fused-ring (bicyclic) bond motifs is 1. The van der Waals surface area contributed by atoms with E-state index in [1.165, 1.54) is 5.56 Å². The molecule has 4 rings (SSSR count). The summed E-state index contributed by atoms with van der Waals surface area (Å²) in [7, 11) is 0. The van der Waals surface area contributed by atoms with Gasteiger partial charge in [-0.2, -0.15) is 0 Å². The van der Waals surface area contributed by atoms with E-state index in [9.17, 15) is 5.11 Å². The number of benzene rings is 1. The first-order chi connectivity index (χ1) is 12.1. The van der Waals surface area contributed by atoms with Crippen LogP contribution >= 0.6 is 0 Å². The Hall–Kier alpha value is -2.67. The van der Waals surface area contributed by atoms with Gasteiger partial charge in [-0.3, -0.25) is 0 Å². The number of piperidine rings is 1. The Morgan fingerprint density at radius 3 is 2.84 bits per heavy atom. The number of nitrogens with two attached hydrogens (primary N) is 1. The number of nitrogen functional groups attached to an aromatic ring is 1. The lowest BCUT2D eigenvalue weighted by Gasteiger charge is -2.31. The van der Waals surface area contributed by atoms with Crippen LogP contribution in [0, 0.1) is 12.8 Å². The van der Waals surface area contributed by atoms with Crippen molar-refractivity contribution in [2.24, 2.45) is 5.92 Å². The average Bonchev–Trinajstić information content (AvgIpc) is 3.05. The summed E-state index contributed by atoms with van der Waals surface area (Å²) in [6.45, 7) is 4.03. The summed E-state index contributed by atoms with van der Waals surface area (Å²) in [6, 6.07) is 6.07. The third-order valence-electron chi connectivity index (χ3n) is 4.85. The van der Waals surface area contributed by atoms with Crippen molar-refractivity contribution in [1.82, 2.24) is 19.9 Å². The minimum absolute atomic E-state index is 0.255. The van der Waals surface area contributed by atoms with Crippen molar-refractivity contribution in [2.45, 2.75) is 19.8 Å². The Labute approximate surface area is 145 Å². The fourth-order valence-electron chi connectivity index (χ4n) is 3.30. The number of hydrogen-bond donors (Lipinski definition) is 3. The van der Waals surface area contributed by atoms with Crippen molar-refractivity contribution in [3.05, 3.63) is 30.0 Å². The van der Waals surface area contributed by atoms with Crippen molar-refractivity contribution in [1.29, 1.82) is 0 Å². The predicted molar refractivity (Wildman–Crippen MR) is 98.3 cm³/mol. The molecule has 3 aromatic rings. The summed E-state index contributed by atoms with van der Waals surface area (Å²) < 4.78 is 0. The number of aromatic nitrogens is 4. The second kappa shape index (κ2) is 6.33. The maximum Gasteiger partial charge on any atom is 0.161 e. The first-order valence-electron chi connectivity index (χ1n) is 8.59. The highest BCUT2D eigenvalue weighted by molar-refractivity contribution is 5.81. The average molecular weight is 338 g/mol. The molecule has 7 heteroatoms. The van der Waals surface area contributed by atoms with Crippen molar-refractivity contribution in [2.75, 3.05) is 30.3 Å². The standard InChI is InChI=1S/C18H22N6O/c1-11-2-3-13-14(8-11)22-18(21-13)16-17(19)20-9-15(23-16)24-6-4-12(10-25)5-7-24/h2-3,8-9,12,25H,4-7,10H2,1H3,(H2,19,20)(H,21,22). The largest absolute Gasteiger partial charge is 0.396 e. The summed E-state index contributed by atoms with van der Waals surface area (Å²) >= 11 is 0. The zero-order chi connectivity index (χ0) is 17.4. The van der Waals surface area contributed by atoms with Gasteiger partial charge in [0.15, 0.2) is 17.3 Å². The number of H-pyrrole nitrogens is 1. The van der Waals surface area contributed by atoms with Crippen LogP contribution in [0.1, 0.15) is 18.4 Å². The highest BCUT2D eigenvalue weighted by Crippen LogP contribution is 2.27. The fraction of sp³-hybridized carbons (Fsp3) is 0.389. The summed E-state index contributed by atoms with van der Waals surface area (Å²) in [6.07, 6.45) is 3.63. The maximum atomic E-state index is 9.29. The molecule has 4 N–H and O–H groups in total. The van der Waals surface area contributed by atoms with Crippen LogP contribution in [-0.4, -0.2) is 44.7 Å². The number of nitrogens with one attached hydrogen (secondary N) is 1. The number of imidazole rings is 1. The Balaban J connectivity index is 1.67. The molecule has 2 aromatic heterocycles. The first-order valence-corrected chi connectivity index (χ1v) is 8.59. The molecule has 0 unspecified atom stereocenters. The number of anilines is 2. The smallest absolute Gasteiger partial charge is 0.161 e. The van der Waals surface area contributed by atoms with Crippen LogP contribution in [0.4, 0.5) is 11.6 Å². The topological polar surface area (TPSA) is 104 Å². The molecule has 1 aliphatic rings. The van der Waals surface area contributed by atoms with Crippen LogP contribution in [0.2, 0.25) is 0 Å². The van der Waals surface area contributed by atoms with E-state index < -0.39 is 0 Å². The summed E-state index contributed by atoms with van der Waals surface area (Å²) in [5.74, 6) is 2.19. The molecule has 7 nitrogen and oxygen atoms in total. The molecule has 0 radical (unpaired) electrons. The fourth-order valence-corrected chi connectivity index (χ4v) is 3.30. The van der Waals surface area contributed by atoms with Gasteiger partial charge in [-0.1, -0.05) is 6.07 Å². The second-order valence-electron chi connectivity index (χ2n) is 6.68. The number of hydrogen-bond acceptors (Lipinski definition) is 6. The van der Waals surface area contributed by atoms with Gasteiger partial charge in [0.2, 0.25) is 0 Å². The van der Waals surface area contributed by atoms with Gasteiger partial charge in [-0.15, -0.1) is 0 Å². The van der Waals surface area contributed by atoms with Gasteiger partial charge in [0.1, 0.15) is 5.82 Å². The lowest BCUT2D eigenvalue weighted by atomic mass is 9.98. The Morgan fingerprint density at radius 2 is 2.08 bits per heavy atom. The summed E-state index contributed by atoms with van der Waals surface area (Å²) in [5, 5.41) is 9.29. The van der Waals surface area contributed by atoms with E-state index in [1.54, 1.807) is 6.20 Å². The van der Waals surface area contributed by atoms with E-state index >= 15 is 0 Å². The van der Waals surface area contributed by atoms with Crippen LogP contribution in [0.15, 0.2) is 24.4 Å². The number of nitrogens with zero attached hydrogens (tertiary/aromatic N) is 4. The molecule has 1 saturated heterocycles. The van der Waals surface area contributed by atoms with E-state index in [-0.39, 0.29) is 6.61 Å². The Kier molecular flexibility index (Phi) is 4.01. The van der Waals surface area contributed by atoms with Crippen molar-refractivity contribution in [3.8, 4) is 11.5 Å². The van der Waals surface area contributed by atoms with Crippen molar-refractivity contribution in [3.63, 3.8) is 0 Å². The minimum atomic E-state index is 0.255. The molecule has 0 spiro atoms. The van der Waals surface area contributed by atoms with E-state index in [0.29, 0.717) is 23.3 Å². The van der Waals surface area contributed by atoms with Crippen LogP contribution in [0.25, 0.3) is 22.6 Å².